The lowest BCUT2D eigenvalue weighted by Gasteiger charge is -2.26. The highest BCUT2D eigenvalue weighted by molar-refractivity contribution is 7.19. The summed E-state index contributed by atoms with van der Waals surface area (Å²) in [6, 6.07) is 0. The number of anilines is 1. The first kappa shape index (κ1) is 17.8. The number of aromatic nitrogens is 2. The number of aryl methyl sites for hydroxylation is 2. The predicted molar refractivity (Wildman–Crippen MR) is 110 cm³/mol. The molecule has 2 saturated heterocycles. The van der Waals surface area contributed by atoms with Crippen LogP contribution in [0.4, 0.5) is 5.82 Å². The van der Waals surface area contributed by atoms with Crippen LogP contribution in [-0.4, -0.2) is 42.3 Å². The minimum absolute atomic E-state index is 0.333. The van der Waals surface area contributed by atoms with Crippen molar-refractivity contribution in [2.75, 3.05) is 31.6 Å². The molecule has 4 heterocycles. The summed E-state index contributed by atoms with van der Waals surface area (Å²) in [6.45, 7) is 7.61. The van der Waals surface area contributed by atoms with Crippen molar-refractivity contribution >= 4 is 27.4 Å². The number of hydrogen-bond acceptors (Lipinski definition) is 5. The SMILES string of the molecule is CC1CC[NH+](Cc2nc(NC[C@H]3CCCO3)c3c4c(sc3n2)CCC4)CC1. The molecule has 2 N–H and O–H groups in total. The van der Waals surface area contributed by atoms with Crippen molar-refractivity contribution in [2.45, 2.75) is 64.5 Å². The van der Waals surface area contributed by atoms with E-state index in [4.69, 9.17) is 14.7 Å². The monoisotopic (exact) mass is 387 g/mol. The summed E-state index contributed by atoms with van der Waals surface area (Å²) in [7, 11) is 0. The molecule has 0 amide bonds. The number of ether oxygens (including phenoxy) is 1. The Morgan fingerprint density at radius 1 is 1.15 bits per heavy atom. The van der Waals surface area contributed by atoms with E-state index in [0.29, 0.717) is 6.10 Å². The van der Waals surface area contributed by atoms with Crippen molar-refractivity contribution < 1.29 is 9.64 Å². The molecule has 2 aliphatic heterocycles. The molecule has 1 atom stereocenters. The molecule has 2 fully saturated rings. The zero-order valence-corrected chi connectivity index (χ0v) is 17.2. The molecule has 146 valence electrons. The third kappa shape index (κ3) is 3.71. The Bertz CT molecular complexity index is 806. The topological polar surface area (TPSA) is 51.5 Å². The van der Waals surface area contributed by atoms with Gasteiger partial charge in [0, 0.05) is 18.0 Å². The van der Waals surface area contributed by atoms with Crippen LogP contribution in [0.2, 0.25) is 0 Å². The highest BCUT2D eigenvalue weighted by Crippen LogP contribution is 2.39. The van der Waals surface area contributed by atoms with E-state index in [1.807, 2.05) is 11.3 Å². The number of quaternary nitrogens is 1. The van der Waals surface area contributed by atoms with Crippen LogP contribution in [0.15, 0.2) is 0 Å². The van der Waals surface area contributed by atoms with Gasteiger partial charge in [0.25, 0.3) is 0 Å². The number of piperidine rings is 1. The Morgan fingerprint density at radius 3 is 2.85 bits per heavy atom. The van der Waals surface area contributed by atoms with Crippen LogP contribution in [0.3, 0.4) is 0 Å². The smallest absolute Gasteiger partial charge is 0.187 e. The maximum atomic E-state index is 5.82. The van der Waals surface area contributed by atoms with Crippen LogP contribution < -0.4 is 10.2 Å². The molecule has 0 saturated carbocycles. The average Bonchev–Trinajstić information content (AvgIpc) is 3.38. The Hall–Kier alpha value is -1.24. The molecule has 0 spiro atoms. The normalized spacial score (nSPS) is 28.0. The molecule has 27 heavy (non-hydrogen) atoms. The summed E-state index contributed by atoms with van der Waals surface area (Å²) in [4.78, 5) is 14.4. The van der Waals surface area contributed by atoms with Crippen molar-refractivity contribution in [1.29, 1.82) is 0 Å². The summed E-state index contributed by atoms with van der Waals surface area (Å²) in [5.74, 6) is 2.96. The van der Waals surface area contributed by atoms with E-state index in [2.05, 4.69) is 12.2 Å². The quantitative estimate of drug-likeness (QED) is 0.828. The second-order valence-electron chi connectivity index (χ2n) is 8.65. The minimum Gasteiger partial charge on any atom is -0.376 e. The van der Waals surface area contributed by atoms with Gasteiger partial charge < -0.3 is 15.0 Å². The number of likely N-dealkylation sites (tertiary alicyclic amines) is 1. The number of nitrogens with zero attached hydrogens (tertiary/aromatic N) is 2. The second kappa shape index (κ2) is 7.64. The molecule has 6 heteroatoms. The number of hydrogen-bond donors (Lipinski definition) is 2. The molecular formula is C21H31N4OS+. The Morgan fingerprint density at radius 2 is 2.04 bits per heavy atom. The Labute approximate surface area is 165 Å². The second-order valence-corrected chi connectivity index (χ2v) is 9.73. The molecule has 3 aliphatic rings. The van der Waals surface area contributed by atoms with E-state index in [-0.39, 0.29) is 0 Å². The van der Waals surface area contributed by atoms with E-state index in [9.17, 15) is 0 Å². The Balaban J connectivity index is 1.41. The fourth-order valence-corrected chi connectivity index (χ4v) is 6.11. The third-order valence-electron chi connectivity index (χ3n) is 6.52. The van der Waals surface area contributed by atoms with Gasteiger partial charge in [-0.25, -0.2) is 9.97 Å². The van der Waals surface area contributed by atoms with Gasteiger partial charge in [-0.15, -0.1) is 11.3 Å². The van der Waals surface area contributed by atoms with Gasteiger partial charge in [-0.1, -0.05) is 6.92 Å². The molecule has 5 rings (SSSR count). The van der Waals surface area contributed by atoms with Gasteiger partial charge in [-0.05, 0) is 56.4 Å². The zero-order chi connectivity index (χ0) is 18.2. The molecule has 0 radical (unpaired) electrons. The van der Waals surface area contributed by atoms with Crippen LogP contribution in [-0.2, 0) is 24.1 Å². The summed E-state index contributed by atoms with van der Waals surface area (Å²) in [5, 5.41) is 4.95. The highest BCUT2D eigenvalue weighted by Gasteiger charge is 2.25. The molecular weight excluding hydrogens is 356 g/mol. The van der Waals surface area contributed by atoms with Crippen LogP contribution >= 0.6 is 11.3 Å². The Kier molecular flexibility index (Phi) is 5.05. The molecule has 5 nitrogen and oxygen atoms in total. The van der Waals surface area contributed by atoms with Crippen molar-refractivity contribution in [3.05, 3.63) is 16.3 Å². The summed E-state index contributed by atoms with van der Waals surface area (Å²) < 4.78 is 5.82. The summed E-state index contributed by atoms with van der Waals surface area (Å²) in [6.07, 6.45) is 9.00. The largest absolute Gasteiger partial charge is 0.376 e. The van der Waals surface area contributed by atoms with E-state index in [0.717, 1.165) is 43.7 Å². The maximum absolute atomic E-state index is 5.82. The van der Waals surface area contributed by atoms with Crippen LogP contribution in [0.5, 0.6) is 0 Å². The first-order valence-corrected chi connectivity index (χ1v) is 11.6. The van der Waals surface area contributed by atoms with E-state index < -0.39 is 0 Å². The van der Waals surface area contributed by atoms with Crippen LogP contribution in [0.1, 0.15) is 55.3 Å². The third-order valence-corrected chi connectivity index (χ3v) is 7.71. The molecule has 1 aliphatic carbocycles. The predicted octanol–water partition coefficient (Wildman–Crippen LogP) is 2.59. The van der Waals surface area contributed by atoms with Gasteiger partial charge in [0.1, 0.15) is 17.2 Å². The van der Waals surface area contributed by atoms with E-state index in [1.54, 1.807) is 4.90 Å². The van der Waals surface area contributed by atoms with Gasteiger partial charge in [-0.3, -0.25) is 0 Å². The van der Waals surface area contributed by atoms with Gasteiger partial charge in [-0.2, -0.15) is 0 Å². The molecule has 0 aromatic carbocycles. The fourth-order valence-electron chi connectivity index (χ4n) is 4.83. The van der Waals surface area contributed by atoms with Crippen LogP contribution in [0, 0.1) is 5.92 Å². The molecule has 2 aromatic rings. The number of thiophene rings is 1. The minimum atomic E-state index is 0.333. The first-order valence-electron chi connectivity index (χ1n) is 10.8. The first-order chi connectivity index (χ1) is 13.3. The van der Waals surface area contributed by atoms with Gasteiger partial charge >= 0.3 is 0 Å². The average molecular weight is 388 g/mol. The van der Waals surface area contributed by atoms with E-state index >= 15 is 0 Å². The molecule has 0 unspecified atom stereocenters. The summed E-state index contributed by atoms with van der Waals surface area (Å²) in [5.41, 5.74) is 1.51. The fraction of sp³-hybridized carbons (Fsp3) is 0.714. The zero-order valence-electron chi connectivity index (χ0n) is 16.4. The lowest BCUT2D eigenvalue weighted by molar-refractivity contribution is -0.920. The number of nitrogens with one attached hydrogen (secondary N) is 2. The van der Waals surface area contributed by atoms with Crippen molar-refractivity contribution in [1.82, 2.24) is 9.97 Å². The lowest BCUT2D eigenvalue weighted by Crippen LogP contribution is -3.11. The van der Waals surface area contributed by atoms with Crippen molar-refractivity contribution in [3.63, 3.8) is 0 Å². The van der Waals surface area contributed by atoms with E-state index in [1.165, 1.54) is 72.3 Å². The van der Waals surface area contributed by atoms with Crippen LogP contribution in [0.25, 0.3) is 10.2 Å². The standard InChI is InChI=1S/C21H30N4OS/c1-14-7-9-25(10-8-14)13-18-23-20(22-12-15-4-3-11-26-15)19-16-5-2-6-17(16)27-21(19)24-18/h14-15H,2-13H2,1H3,(H,22,23,24)/p+1/t15-/m1/s1. The van der Waals surface area contributed by atoms with Gasteiger partial charge in [0.05, 0.1) is 24.6 Å². The highest BCUT2D eigenvalue weighted by atomic mass is 32.1. The molecule has 0 bridgehead atoms. The van der Waals surface area contributed by atoms with Crippen molar-refractivity contribution in [3.8, 4) is 0 Å². The van der Waals surface area contributed by atoms with Gasteiger partial charge in [0.15, 0.2) is 5.82 Å². The lowest BCUT2D eigenvalue weighted by atomic mass is 9.99. The van der Waals surface area contributed by atoms with Gasteiger partial charge in [0.2, 0.25) is 0 Å². The number of rotatable bonds is 5. The number of fused-ring (bicyclic) bond motifs is 3. The maximum Gasteiger partial charge on any atom is 0.187 e. The molecule has 2 aromatic heterocycles. The summed E-state index contributed by atoms with van der Waals surface area (Å²) >= 11 is 1.90. The van der Waals surface area contributed by atoms with Crippen molar-refractivity contribution in [2.24, 2.45) is 5.92 Å².